The first kappa shape index (κ1) is 14.6. The molecule has 20 heavy (non-hydrogen) atoms. The Morgan fingerprint density at radius 1 is 1.45 bits per heavy atom. The summed E-state index contributed by atoms with van der Waals surface area (Å²) in [5, 5.41) is 14.8. The van der Waals surface area contributed by atoms with Gasteiger partial charge in [-0.3, -0.25) is 4.79 Å². The summed E-state index contributed by atoms with van der Waals surface area (Å²) in [6.45, 7) is 4.57. The SMILES string of the molecule is CC1(C)CCCN(C(=O)NC2CNC(=O)C2)C1C(=O)O. The van der Waals surface area contributed by atoms with Gasteiger partial charge in [0.05, 0.1) is 6.04 Å². The van der Waals surface area contributed by atoms with E-state index in [4.69, 9.17) is 0 Å². The van der Waals surface area contributed by atoms with Crippen LogP contribution in [0, 0.1) is 5.41 Å². The lowest BCUT2D eigenvalue weighted by atomic mass is 9.76. The van der Waals surface area contributed by atoms with Crippen LogP contribution in [0.1, 0.15) is 33.1 Å². The monoisotopic (exact) mass is 283 g/mol. The minimum Gasteiger partial charge on any atom is -0.480 e. The molecule has 2 aliphatic heterocycles. The van der Waals surface area contributed by atoms with Gasteiger partial charge in [0.1, 0.15) is 6.04 Å². The zero-order chi connectivity index (χ0) is 14.9. The van der Waals surface area contributed by atoms with Crippen molar-refractivity contribution in [2.45, 2.75) is 45.2 Å². The van der Waals surface area contributed by atoms with Gasteiger partial charge in [-0.2, -0.15) is 0 Å². The maximum atomic E-state index is 12.3. The summed E-state index contributed by atoms with van der Waals surface area (Å²) in [5.74, 6) is -1.07. The van der Waals surface area contributed by atoms with Crippen LogP contribution >= 0.6 is 0 Å². The summed E-state index contributed by atoms with van der Waals surface area (Å²) < 4.78 is 0. The summed E-state index contributed by atoms with van der Waals surface area (Å²) in [5.41, 5.74) is -0.453. The fourth-order valence-corrected chi connectivity index (χ4v) is 3.04. The molecule has 7 heteroatoms. The fourth-order valence-electron chi connectivity index (χ4n) is 3.04. The highest BCUT2D eigenvalue weighted by atomic mass is 16.4. The summed E-state index contributed by atoms with van der Waals surface area (Å²) in [7, 11) is 0. The Labute approximate surface area is 117 Å². The van der Waals surface area contributed by atoms with Crippen molar-refractivity contribution in [3.05, 3.63) is 0 Å². The fraction of sp³-hybridized carbons (Fsp3) is 0.769. The summed E-state index contributed by atoms with van der Waals surface area (Å²) in [4.78, 5) is 36.3. The number of rotatable bonds is 2. The van der Waals surface area contributed by atoms with Crippen molar-refractivity contribution in [3.63, 3.8) is 0 Å². The molecule has 0 radical (unpaired) electrons. The molecule has 0 spiro atoms. The first-order valence-corrected chi connectivity index (χ1v) is 6.88. The Morgan fingerprint density at radius 3 is 2.70 bits per heavy atom. The average Bonchev–Trinajstić information content (AvgIpc) is 2.72. The first-order chi connectivity index (χ1) is 9.31. The Bertz CT molecular complexity index is 435. The van der Waals surface area contributed by atoms with E-state index in [0.29, 0.717) is 13.1 Å². The van der Waals surface area contributed by atoms with Crippen LogP contribution in [0.5, 0.6) is 0 Å². The molecule has 2 aliphatic rings. The number of urea groups is 1. The number of nitrogens with one attached hydrogen (secondary N) is 2. The minimum absolute atomic E-state index is 0.0935. The number of amides is 3. The van der Waals surface area contributed by atoms with Crippen LogP contribution in [0.2, 0.25) is 0 Å². The highest BCUT2D eigenvalue weighted by Gasteiger charge is 2.45. The van der Waals surface area contributed by atoms with Crippen molar-refractivity contribution in [1.29, 1.82) is 0 Å². The van der Waals surface area contributed by atoms with Crippen LogP contribution in [-0.4, -0.2) is 53.1 Å². The van der Waals surface area contributed by atoms with E-state index in [2.05, 4.69) is 10.6 Å². The Kier molecular flexibility index (Phi) is 3.87. The quantitative estimate of drug-likeness (QED) is 0.672. The number of piperidine rings is 1. The van der Waals surface area contributed by atoms with Gasteiger partial charge >= 0.3 is 12.0 Å². The van der Waals surface area contributed by atoms with E-state index < -0.39 is 23.5 Å². The summed E-state index contributed by atoms with van der Waals surface area (Å²) >= 11 is 0. The number of likely N-dealkylation sites (tertiary alicyclic amines) is 1. The molecule has 2 fully saturated rings. The molecule has 2 atom stereocenters. The molecule has 3 amide bonds. The average molecular weight is 283 g/mol. The number of aliphatic carboxylic acids is 1. The zero-order valence-electron chi connectivity index (χ0n) is 11.8. The normalized spacial score (nSPS) is 28.9. The van der Waals surface area contributed by atoms with E-state index >= 15 is 0 Å². The van der Waals surface area contributed by atoms with E-state index in [-0.39, 0.29) is 18.4 Å². The van der Waals surface area contributed by atoms with Crippen LogP contribution in [0.15, 0.2) is 0 Å². The molecule has 2 rings (SSSR count). The topological polar surface area (TPSA) is 98.7 Å². The minimum atomic E-state index is -0.981. The van der Waals surface area contributed by atoms with E-state index in [1.165, 1.54) is 4.90 Å². The van der Waals surface area contributed by atoms with Crippen LogP contribution in [0.4, 0.5) is 4.79 Å². The molecular weight excluding hydrogens is 262 g/mol. The Morgan fingerprint density at radius 2 is 2.15 bits per heavy atom. The van der Waals surface area contributed by atoms with Crippen molar-refractivity contribution in [1.82, 2.24) is 15.5 Å². The molecule has 2 heterocycles. The smallest absolute Gasteiger partial charge is 0.327 e. The predicted molar refractivity (Wildman–Crippen MR) is 71.1 cm³/mol. The number of hydrogen-bond acceptors (Lipinski definition) is 3. The van der Waals surface area contributed by atoms with Crippen LogP contribution in [-0.2, 0) is 9.59 Å². The highest BCUT2D eigenvalue weighted by Crippen LogP contribution is 2.35. The molecular formula is C13H21N3O4. The number of carbonyl (C=O) groups excluding carboxylic acids is 2. The third-order valence-corrected chi connectivity index (χ3v) is 4.07. The van der Waals surface area contributed by atoms with Gasteiger partial charge in [-0.25, -0.2) is 9.59 Å². The van der Waals surface area contributed by atoms with E-state index in [9.17, 15) is 19.5 Å². The molecule has 7 nitrogen and oxygen atoms in total. The molecule has 0 bridgehead atoms. The van der Waals surface area contributed by atoms with Crippen LogP contribution in [0.25, 0.3) is 0 Å². The van der Waals surface area contributed by atoms with Crippen molar-refractivity contribution >= 4 is 17.9 Å². The molecule has 2 saturated heterocycles. The molecule has 0 aromatic carbocycles. The van der Waals surface area contributed by atoms with Crippen molar-refractivity contribution in [2.24, 2.45) is 5.41 Å². The third kappa shape index (κ3) is 2.86. The second kappa shape index (κ2) is 5.30. The number of carboxylic acid groups (broad SMARTS) is 1. The molecule has 0 aliphatic carbocycles. The first-order valence-electron chi connectivity index (χ1n) is 6.88. The lowest BCUT2D eigenvalue weighted by Gasteiger charge is -2.44. The van der Waals surface area contributed by atoms with Gasteiger partial charge in [-0.15, -0.1) is 0 Å². The molecule has 0 saturated carbocycles. The third-order valence-electron chi connectivity index (χ3n) is 4.07. The standard InChI is InChI=1S/C13H21N3O4/c1-13(2)4-3-5-16(10(13)11(18)19)12(20)15-8-6-9(17)14-7-8/h8,10H,3-7H2,1-2H3,(H,14,17)(H,15,20)(H,18,19). The number of hydrogen-bond donors (Lipinski definition) is 3. The number of carboxylic acids is 1. The lowest BCUT2D eigenvalue weighted by molar-refractivity contribution is -0.148. The van der Waals surface area contributed by atoms with Gasteiger partial charge in [0.25, 0.3) is 0 Å². The van der Waals surface area contributed by atoms with Gasteiger partial charge in [-0.1, -0.05) is 13.8 Å². The van der Waals surface area contributed by atoms with Gasteiger partial charge < -0.3 is 20.6 Å². The zero-order valence-corrected chi connectivity index (χ0v) is 11.8. The highest BCUT2D eigenvalue weighted by molar-refractivity contribution is 5.85. The lowest BCUT2D eigenvalue weighted by Crippen LogP contribution is -2.59. The number of nitrogens with zero attached hydrogens (tertiary/aromatic N) is 1. The van der Waals surface area contributed by atoms with Crippen molar-refractivity contribution in [3.8, 4) is 0 Å². The summed E-state index contributed by atoms with van der Waals surface area (Å²) in [6.07, 6.45) is 1.81. The van der Waals surface area contributed by atoms with Gasteiger partial charge in [0.2, 0.25) is 5.91 Å². The second-order valence-electron chi connectivity index (χ2n) is 6.18. The van der Waals surface area contributed by atoms with E-state index in [0.717, 1.165) is 12.8 Å². The molecule has 0 aromatic rings. The van der Waals surface area contributed by atoms with Gasteiger partial charge in [0, 0.05) is 19.5 Å². The number of carbonyl (C=O) groups is 3. The van der Waals surface area contributed by atoms with Crippen molar-refractivity contribution < 1.29 is 19.5 Å². The van der Waals surface area contributed by atoms with Gasteiger partial charge in [0.15, 0.2) is 0 Å². The Balaban J connectivity index is 2.06. The summed E-state index contributed by atoms with van der Waals surface area (Å²) in [6, 6.07) is -1.48. The van der Waals surface area contributed by atoms with Crippen LogP contribution < -0.4 is 10.6 Å². The van der Waals surface area contributed by atoms with E-state index in [1.807, 2.05) is 13.8 Å². The largest absolute Gasteiger partial charge is 0.480 e. The molecule has 2 unspecified atom stereocenters. The second-order valence-corrected chi connectivity index (χ2v) is 6.18. The van der Waals surface area contributed by atoms with Gasteiger partial charge in [-0.05, 0) is 18.3 Å². The Hall–Kier alpha value is -1.79. The van der Waals surface area contributed by atoms with Crippen LogP contribution in [0.3, 0.4) is 0 Å². The molecule has 3 N–H and O–H groups in total. The van der Waals surface area contributed by atoms with E-state index in [1.54, 1.807) is 0 Å². The van der Waals surface area contributed by atoms with Crippen molar-refractivity contribution in [2.75, 3.05) is 13.1 Å². The maximum absolute atomic E-state index is 12.3. The maximum Gasteiger partial charge on any atom is 0.327 e. The molecule has 0 aromatic heterocycles. The molecule has 112 valence electrons. The predicted octanol–water partition coefficient (Wildman–Crippen LogP) is 0.160.